The van der Waals surface area contributed by atoms with Gasteiger partial charge in [-0.15, -0.1) is 11.6 Å². The molecule has 0 radical (unpaired) electrons. The molecule has 1 rings (SSSR count). The van der Waals surface area contributed by atoms with Crippen LogP contribution < -0.4 is 0 Å². The largest absolute Gasteiger partial charge is 0.396 e. The van der Waals surface area contributed by atoms with Crippen molar-refractivity contribution in [2.75, 3.05) is 19.7 Å². The van der Waals surface area contributed by atoms with Crippen molar-refractivity contribution in [1.82, 2.24) is 4.90 Å². The Kier molecular flexibility index (Phi) is 4.20. The molecule has 82 valence electrons. The summed E-state index contributed by atoms with van der Waals surface area (Å²) in [6.45, 7) is 5.50. The number of hydrogen-bond donors (Lipinski definition) is 1. The predicted octanol–water partition coefficient (Wildman–Crippen LogP) is 1.09. The molecule has 0 bridgehead atoms. The van der Waals surface area contributed by atoms with Crippen LogP contribution in [0.25, 0.3) is 0 Å². The van der Waals surface area contributed by atoms with Gasteiger partial charge in [0.25, 0.3) is 0 Å². The van der Waals surface area contributed by atoms with Gasteiger partial charge in [-0.3, -0.25) is 4.79 Å². The quantitative estimate of drug-likeness (QED) is 0.722. The number of hydrogen-bond acceptors (Lipinski definition) is 2. The van der Waals surface area contributed by atoms with Gasteiger partial charge in [-0.05, 0) is 12.3 Å². The van der Waals surface area contributed by atoms with Crippen LogP contribution in [0.2, 0.25) is 0 Å². The maximum atomic E-state index is 11.7. The Bertz CT molecular complexity index is 210. The molecule has 1 heterocycles. The van der Waals surface area contributed by atoms with Crippen LogP contribution in [0.1, 0.15) is 20.3 Å². The number of nitrogens with zero attached hydrogens (tertiary/aromatic N) is 1. The molecule has 0 aromatic carbocycles. The standard InChI is InChI=1S/C10H18ClNO2/c1-3-9(11)10(14)12-4-7(2)8(5-12)6-13/h7-9,13H,3-6H2,1-2H3/t7-,8-,9-/m0/s1. The molecule has 0 aromatic rings. The lowest BCUT2D eigenvalue weighted by atomic mass is 10.00. The van der Waals surface area contributed by atoms with Crippen LogP contribution in [0.4, 0.5) is 0 Å². The molecule has 1 aliphatic heterocycles. The van der Waals surface area contributed by atoms with E-state index in [0.717, 1.165) is 6.54 Å². The molecular weight excluding hydrogens is 202 g/mol. The van der Waals surface area contributed by atoms with Crippen molar-refractivity contribution in [2.24, 2.45) is 11.8 Å². The van der Waals surface area contributed by atoms with E-state index in [1.54, 1.807) is 4.90 Å². The smallest absolute Gasteiger partial charge is 0.240 e. The van der Waals surface area contributed by atoms with Gasteiger partial charge < -0.3 is 10.0 Å². The van der Waals surface area contributed by atoms with Crippen LogP contribution in [-0.2, 0) is 4.79 Å². The maximum Gasteiger partial charge on any atom is 0.240 e. The second-order valence-corrected chi connectivity index (χ2v) is 4.57. The van der Waals surface area contributed by atoms with Crippen molar-refractivity contribution in [3.05, 3.63) is 0 Å². The molecule has 1 amide bonds. The highest BCUT2D eigenvalue weighted by Gasteiger charge is 2.33. The highest BCUT2D eigenvalue weighted by Crippen LogP contribution is 2.24. The monoisotopic (exact) mass is 219 g/mol. The number of aliphatic hydroxyl groups is 1. The fraction of sp³-hybridized carbons (Fsp3) is 0.900. The van der Waals surface area contributed by atoms with Crippen LogP contribution in [0, 0.1) is 11.8 Å². The van der Waals surface area contributed by atoms with E-state index in [1.807, 2.05) is 6.92 Å². The maximum absolute atomic E-state index is 11.7. The fourth-order valence-corrected chi connectivity index (χ4v) is 1.96. The molecule has 4 heteroatoms. The minimum absolute atomic E-state index is 0.0111. The molecular formula is C10H18ClNO2. The number of amides is 1. The average Bonchev–Trinajstić information content (AvgIpc) is 2.57. The van der Waals surface area contributed by atoms with E-state index in [4.69, 9.17) is 16.7 Å². The third kappa shape index (κ3) is 2.39. The molecule has 1 N–H and O–H groups in total. The number of carbonyl (C=O) groups is 1. The van der Waals surface area contributed by atoms with Crippen molar-refractivity contribution in [1.29, 1.82) is 0 Å². The highest BCUT2D eigenvalue weighted by molar-refractivity contribution is 6.30. The third-order valence-corrected chi connectivity index (χ3v) is 3.44. The summed E-state index contributed by atoms with van der Waals surface area (Å²) in [6.07, 6.45) is 0.662. The Morgan fingerprint density at radius 1 is 1.64 bits per heavy atom. The number of rotatable bonds is 3. The van der Waals surface area contributed by atoms with E-state index in [-0.39, 0.29) is 18.4 Å². The van der Waals surface area contributed by atoms with E-state index in [9.17, 15) is 4.79 Å². The van der Waals surface area contributed by atoms with Gasteiger partial charge in [0.1, 0.15) is 5.38 Å². The zero-order valence-corrected chi connectivity index (χ0v) is 9.50. The van der Waals surface area contributed by atoms with Gasteiger partial charge >= 0.3 is 0 Å². The molecule has 14 heavy (non-hydrogen) atoms. The lowest BCUT2D eigenvalue weighted by molar-refractivity contribution is -0.130. The zero-order chi connectivity index (χ0) is 10.7. The second kappa shape index (κ2) is 4.99. The first-order valence-corrected chi connectivity index (χ1v) is 5.57. The van der Waals surface area contributed by atoms with E-state index >= 15 is 0 Å². The molecule has 0 saturated carbocycles. The van der Waals surface area contributed by atoms with E-state index in [1.165, 1.54) is 0 Å². The van der Waals surface area contributed by atoms with E-state index < -0.39 is 5.38 Å². The van der Waals surface area contributed by atoms with Gasteiger partial charge in [0.05, 0.1) is 0 Å². The lowest BCUT2D eigenvalue weighted by Crippen LogP contribution is -2.35. The summed E-state index contributed by atoms with van der Waals surface area (Å²) in [6, 6.07) is 0. The van der Waals surface area contributed by atoms with Gasteiger partial charge in [-0.25, -0.2) is 0 Å². The molecule has 1 aliphatic rings. The van der Waals surface area contributed by atoms with Crippen LogP contribution in [-0.4, -0.2) is 41.0 Å². The lowest BCUT2D eigenvalue weighted by Gasteiger charge is -2.18. The Morgan fingerprint density at radius 2 is 2.29 bits per heavy atom. The molecule has 3 atom stereocenters. The number of likely N-dealkylation sites (tertiary alicyclic amines) is 1. The van der Waals surface area contributed by atoms with Crippen molar-refractivity contribution in [3.8, 4) is 0 Å². The number of alkyl halides is 1. The Labute approximate surface area is 90.0 Å². The fourth-order valence-electron chi connectivity index (χ4n) is 1.82. The van der Waals surface area contributed by atoms with Gasteiger partial charge in [-0.1, -0.05) is 13.8 Å². The number of halogens is 1. The summed E-state index contributed by atoms with van der Waals surface area (Å²) >= 11 is 5.88. The van der Waals surface area contributed by atoms with Crippen LogP contribution in [0.15, 0.2) is 0 Å². The van der Waals surface area contributed by atoms with Gasteiger partial charge in [0.15, 0.2) is 0 Å². The van der Waals surface area contributed by atoms with Crippen LogP contribution in [0.3, 0.4) is 0 Å². The molecule has 0 unspecified atom stereocenters. The molecule has 1 fully saturated rings. The Hall–Kier alpha value is -0.280. The van der Waals surface area contributed by atoms with Gasteiger partial charge in [0, 0.05) is 25.6 Å². The minimum atomic E-state index is -0.403. The average molecular weight is 220 g/mol. The SMILES string of the molecule is CC[C@H](Cl)C(=O)N1C[C@@H](CO)[C@@H](C)C1. The van der Waals surface area contributed by atoms with E-state index in [0.29, 0.717) is 18.9 Å². The summed E-state index contributed by atoms with van der Waals surface area (Å²) in [5, 5.41) is 8.66. The molecule has 0 spiro atoms. The van der Waals surface area contributed by atoms with Crippen molar-refractivity contribution in [2.45, 2.75) is 25.6 Å². The first-order valence-electron chi connectivity index (χ1n) is 5.13. The third-order valence-electron chi connectivity index (χ3n) is 2.94. The zero-order valence-electron chi connectivity index (χ0n) is 8.74. The first kappa shape index (κ1) is 11.8. The van der Waals surface area contributed by atoms with Gasteiger partial charge in [-0.2, -0.15) is 0 Å². The molecule has 1 saturated heterocycles. The van der Waals surface area contributed by atoms with Gasteiger partial charge in [0.2, 0.25) is 5.91 Å². The van der Waals surface area contributed by atoms with Crippen molar-refractivity contribution >= 4 is 17.5 Å². The summed E-state index contributed by atoms with van der Waals surface area (Å²) in [7, 11) is 0. The van der Waals surface area contributed by atoms with Crippen LogP contribution in [0.5, 0.6) is 0 Å². The molecule has 0 aromatic heterocycles. The van der Waals surface area contributed by atoms with E-state index in [2.05, 4.69) is 6.92 Å². The predicted molar refractivity (Wildman–Crippen MR) is 56.3 cm³/mol. The summed E-state index contributed by atoms with van der Waals surface area (Å²) in [5.41, 5.74) is 0. The summed E-state index contributed by atoms with van der Waals surface area (Å²) in [4.78, 5) is 13.5. The number of carbonyl (C=O) groups excluding carboxylic acids is 1. The van der Waals surface area contributed by atoms with Crippen molar-refractivity contribution in [3.63, 3.8) is 0 Å². The normalized spacial score (nSPS) is 29.3. The molecule has 0 aliphatic carbocycles. The Morgan fingerprint density at radius 3 is 2.71 bits per heavy atom. The summed E-state index contributed by atoms with van der Waals surface area (Å²) < 4.78 is 0. The number of aliphatic hydroxyl groups excluding tert-OH is 1. The van der Waals surface area contributed by atoms with Crippen molar-refractivity contribution < 1.29 is 9.90 Å². The summed E-state index contributed by atoms with van der Waals surface area (Å²) in [5.74, 6) is 0.612. The Balaban J connectivity index is 2.52. The first-order chi connectivity index (χ1) is 6.60. The van der Waals surface area contributed by atoms with Crippen LogP contribution >= 0.6 is 11.6 Å². The second-order valence-electron chi connectivity index (χ2n) is 4.04. The highest BCUT2D eigenvalue weighted by atomic mass is 35.5. The molecule has 3 nitrogen and oxygen atoms in total. The minimum Gasteiger partial charge on any atom is -0.396 e. The topological polar surface area (TPSA) is 40.5 Å².